The summed E-state index contributed by atoms with van der Waals surface area (Å²) in [7, 11) is 0. The fourth-order valence-corrected chi connectivity index (χ4v) is 1.51. The van der Waals surface area contributed by atoms with Gasteiger partial charge in [-0.15, -0.1) is 0 Å². The average molecular weight is 248 g/mol. The molecule has 0 bridgehead atoms. The lowest BCUT2D eigenvalue weighted by atomic mass is 10.1. The first-order chi connectivity index (χ1) is 7.89. The Hall–Kier alpha value is -1.99. The molecule has 0 aromatic carbocycles. The number of alkyl halides is 3. The third-order valence-corrected chi connectivity index (χ3v) is 2.26. The van der Waals surface area contributed by atoms with E-state index in [0.717, 1.165) is 6.20 Å². The van der Waals surface area contributed by atoms with Crippen LogP contribution in [-0.2, 0) is 11.2 Å². The molecule has 5 nitrogen and oxygen atoms in total. The zero-order valence-corrected chi connectivity index (χ0v) is 8.37. The molecule has 8 heteroatoms. The van der Waals surface area contributed by atoms with Crippen molar-refractivity contribution in [2.45, 2.75) is 12.6 Å². The van der Waals surface area contributed by atoms with Crippen molar-refractivity contribution < 1.29 is 27.6 Å². The molecular formula is C9H7F3N2O3. The van der Waals surface area contributed by atoms with Crippen molar-refractivity contribution in [3.05, 3.63) is 23.5 Å². The summed E-state index contributed by atoms with van der Waals surface area (Å²) < 4.78 is 36.6. The Morgan fingerprint density at radius 1 is 1.47 bits per heavy atom. The van der Waals surface area contributed by atoms with Crippen LogP contribution >= 0.6 is 0 Å². The normalized spacial score (nSPS) is 15.1. The molecule has 1 aliphatic heterocycles. The van der Waals surface area contributed by atoms with E-state index in [9.17, 15) is 22.8 Å². The van der Waals surface area contributed by atoms with E-state index in [0.29, 0.717) is 17.7 Å². The van der Waals surface area contributed by atoms with Gasteiger partial charge in [0, 0.05) is 19.2 Å². The molecule has 0 aliphatic carbocycles. The molecule has 0 fully saturated rings. The van der Waals surface area contributed by atoms with Crippen molar-refractivity contribution >= 4 is 11.9 Å². The van der Waals surface area contributed by atoms with Gasteiger partial charge in [0.15, 0.2) is 0 Å². The van der Waals surface area contributed by atoms with E-state index in [1.54, 1.807) is 0 Å². The predicted molar refractivity (Wildman–Crippen MR) is 48.1 cm³/mol. The van der Waals surface area contributed by atoms with Crippen LogP contribution in [0.25, 0.3) is 0 Å². The second-order valence-corrected chi connectivity index (χ2v) is 3.38. The molecule has 1 amide bonds. The van der Waals surface area contributed by atoms with Crippen molar-refractivity contribution in [1.82, 2.24) is 10.0 Å². The van der Waals surface area contributed by atoms with Gasteiger partial charge in [-0.1, -0.05) is 0 Å². The molecule has 0 saturated carbocycles. The van der Waals surface area contributed by atoms with Crippen molar-refractivity contribution in [1.29, 1.82) is 0 Å². The van der Waals surface area contributed by atoms with Crippen LogP contribution in [0.15, 0.2) is 12.3 Å². The second-order valence-electron chi connectivity index (χ2n) is 3.38. The van der Waals surface area contributed by atoms with Gasteiger partial charge in [0.1, 0.15) is 0 Å². The molecular weight excluding hydrogens is 241 g/mol. The molecule has 1 N–H and O–H groups in total. The third-order valence-electron chi connectivity index (χ3n) is 2.26. The SMILES string of the molecule is O=C1NCCc2c1ccn2OC(=O)C(F)(F)F. The van der Waals surface area contributed by atoms with Crippen molar-refractivity contribution in [2.75, 3.05) is 6.54 Å². The summed E-state index contributed by atoms with van der Waals surface area (Å²) in [6, 6.07) is 1.30. The van der Waals surface area contributed by atoms with E-state index in [1.807, 2.05) is 0 Å². The summed E-state index contributed by atoms with van der Waals surface area (Å²) in [5.74, 6) is -2.71. The first-order valence-electron chi connectivity index (χ1n) is 4.67. The lowest BCUT2D eigenvalue weighted by molar-refractivity contribution is -0.200. The smallest absolute Gasteiger partial charge is 0.352 e. The molecule has 1 aliphatic rings. The van der Waals surface area contributed by atoms with E-state index in [1.165, 1.54) is 6.07 Å². The maximum absolute atomic E-state index is 12.0. The monoisotopic (exact) mass is 248 g/mol. The van der Waals surface area contributed by atoms with E-state index in [-0.39, 0.29) is 11.3 Å². The second kappa shape index (κ2) is 3.79. The van der Waals surface area contributed by atoms with Gasteiger partial charge in [0.25, 0.3) is 5.91 Å². The van der Waals surface area contributed by atoms with Crippen molar-refractivity contribution in [3.8, 4) is 0 Å². The molecule has 2 rings (SSSR count). The number of halogens is 3. The van der Waals surface area contributed by atoms with Crippen LogP contribution in [-0.4, -0.2) is 29.3 Å². The third kappa shape index (κ3) is 2.10. The number of hydrogen-bond donors (Lipinski definition) is 1. The number of nitrogens with zero attached hydrogens (tertiary/aromatic N) is 1. The van der Waals surface area contributed by atoms with Gasteiger partial charge < -0.3 is 10.2 Å². The standard InChI is InChI=1S/C9H7F3N2O3/c10-9(11,12)8(16)17-14-4-2-5-6(14)1-3-13-7(5)15/h2,4H,1,3H2,(H,13,15). The van der Waals surface area contributed by atoms with Gasteiger partial charge >= 0.3 is 12.1 Å². The highest BCUT2D eigenvalue weighted by Crippen LogP contribution is 2.18. The van der Waals surface area contributed by atoms with Crippen LogP contribution in [0.1, 0.15) is 16.1 Å². The Morgan fingerprint density at radius 3 is 2.82 bits per heavy atom. The number of rotatable bonds is 1. The van der Waals surface area contributed by atoms with Crippen LogP contribution in [0.5, 0.6) is 0 Å². The van der Waals surface area contributed by atoms with Gasteiger partial charge in [-0.3, -0.25) is 4.79 Å². The van der Waals surface area contributed by atoms with Crippen molar-refractivity contribution in [3.63, 3.8) is 0 Å². The topological polar surface area (TPSA) is 60.3 Å². The van der Waals surface area contributed by atoms with Crippen LogP contribution < -0.4 is 10.2 Å². The quantitative estimate of drug-likeness (QED) is 0.777. The predicted octanol–water partition coefficient (Wildman–Crippen LogP) is 0.291. The fraction of sp³-hybridized carbons (Fsp3) is 0.333. The highest BCUT2D eigenvalue weighted by Gasteiger charge is 2.42. The Labute approximate surface area is 93.1 Å². The molecule has 0 unspecified atom stereocenters. The molecule has 1 aromatic rings. The highest BCUT2D eigenvalue weighted by atomic mass is 19.4. The minimum atomic E-state index is -5.06. The Morgan fingerprint density at radius 2 is 2.18 bits per heavy atom. The number of amides is 1. The van der Waals surface area contributed by atoms with E-state index in [2.05, 4.69) is 10.2 Å². The molecule has 92 valence electrons. The van der Waals surface area contributed by atoms with Gasteiger partial charge in [-0.05, 0) is 6.07 Å². The average Bonchev–Trinajstić information content (AvgIpc) is 2.62. The number of carbonyl (C=O) groups is 2. The lowest BCUT2D eigenvalue weighted by Gasteiger charge is -2.15. The highest BCUT2D eigenvalue weighted by molar-refractivity contribution is 5.96. The van der Waals surface area contributed by atoms with E-state index >= 15 is 0 Å². The molecule has 1 aromatic heterocycles. The fourth-order valence-electron chi connectivity index (χ4n) is 1.51. The number of aromatic nitrogens is 1. The number of hydrogen-bond acceptors (Lipinski definition) is 3. The van der Waals surface area contributed by atoms with E-state index in [4.69, 9.17) is 0 Å². The molecule has 17 heavy (non-hydrogen) atoms. The molecule has 0 atom stereocenters. The number of nitrogens with one attached hydrogen (secondary N) is 1. The molecule has 0 radical (unpaired) electrons. The van der Waals surface area contributed by atoms with Crippen LogP contribution in [0.2, 0.25) is 0 Å². The summed E-state index contributed by atoms with van der Waals surface area (Å²) in [5, 5.41) is 2.52. The van der Waals surface area contributed by atoms with Crippen LogP contribution in [0.4, 0.5) is 13.2 Å². The van der Waals surface area contributed by atoms with Crippen LogP contribution in [0, 0.1) is 0 Å². The van der Waals surface area contributed by atoms with Gasteiger partial charge in [-0.2, -0.15) is 17.9 Å². The minimum Gasteiger partial charge on any atom is -0.352 e. The maximum Gasteiger partial charge on any atom is 0.493 e. The zero-order valence-electron chi connectivity index (χ0n) is 8.37. The number of carbonyl (C=O) groups excluding carboxylic acids is 2. The van der Waals surface area contributed by atoms with E-state index < -0.39 is 18.1 Å². The van der Waals surface area contributed by atoms with Crippen LogP contribution in [0.3, 0.4) is 0 Å². The summed E-state index contributed by atoms with van der Waals surface area (Å²) in [4.78, 5) is 26.1. The summed E-state index contributed by atoms with van der Waals surface area (Å²) in [6.07, 6.45) is -3.65. The first kappa shape index (κ1) is 11.5. The molecule has 0 spiro atoms. The van der Waals surface area contributed by atoms with Crippen molar-refractivity contribution in [2.24, 2.45) is 0 Å². The summed E-state index contributed by atoms with van der Waals surface area (Å²) in [5.41, 5.74) is 0.470. The zero-order chi connectivity index (χ0) is 12.6. The number of fused-ring (bicyclic) bond motifs is 1. The largest absolute Gasteiger partial charge is 0.493 e. The Balaban J connectivity index is 2.24. The Kier molecular flexibility index (Phi) is 2.56. The van der Waals surface area contributed by atoms with Gasteiger partial charge in [0.2, 0.25) is 0 Å². The molecule has 2 heterocycles. The summed E-state index contributed by atoms with van der Waals surface area (Å²) in [6.45, 7) is 0.291. The lowest BCUT2D eigenvalue weighted by Crippen LogP contribution is -2.36. The molecule has 0 saturated heterocycles. The van der Waals surface area contributed by atoms with Gasteiger partial charge in [-0.25, -0.2) is 4.79 Å². The minimum absolute atomic E-state index is 0.214. The maximum atomic E-state index is 12.0. The Bertz CT molecular complexity index is 478. The summed E-state index contributed by atoms with van der Waals surface area (Å²) >= 11 is 0. The van der Waals surface area contributed by atoms with Gasteiger partial charge in [0.05, 0.1) is 11.3 Å². The first-order valence-corrected chi connectivity index (χ1v) is 4.67.